The Balaban J connectivity index is 3.26. The molecule has 0 bridgehead atoms. The molecule has 0 aromatic carbocycles. The van der Waals surface area contributed by atoms with Crippen LogP contribution in [0.15, 0.2) is 12.3 Å². The van der Waals surface area contributed by atoms with Crippen LogP contribution in [0.3, 0.4) is 0 Å². The van der Waals surface area contributed by atoms with Crippen LogP contribution < -0.4 is 3.58 Å². The van der Waals surface area contributed by atoms with Crippen LogP contribution in [0, 0.1) is 5.82 Å². The van der Waals surface area contributed by atoms with Gasteiger partial charge < -0.3 is 0 Å². The van der Waals surface area contributed by atoms with E-state index in [-0.39, 0.29) is 11.0 Å². The van der Waals surface area contributed by atoms with Crippen LogP contribution in [0.2, 0.25) is 20.0 Å². The Labute approximate surface area is 80.8 Å². The van der Waals surface area contributed by atoms with Crippen molar-refractivity contribution >= 4 is 33.6 Å². The molecule has 0 radical (unpaired) electrons. The zero-order valence-corrected chi connectivity index (χ0v) is 11.0. The van der Waals surface area contributed by atoms with Crippen LogP contribution in [0.25, 0.3) is 0 Å². The van der Waals surface area contributed by atoms with Gasteiger partial charge in [-0.25, -0.2) is 0 Å². The first-order chi connectivity index (χ1) is 5.43. The predicted octanol–water partition coefficient (Wildman–Crippen LogP) is 2.42. The van der Waals surface area contributed by atoms with Gasteiger partial charge >= 0.3 is 81.0 Å². The van der Waals surface area contributed by atoms with Crippen molar-refractivity contribution in [2.24, 2.45) is 0 Å². The van der Waals surface area contributed by atoms with E-state index in [1.807, 2.05) is 0 Å². The van der Waals surface area contributed by atoms with E-state index in [0.717, 1.165) is 3.58 Å². The number of nitrogens with zero attached hydrogens (tertiary/aromatic N) is 1. The molecule has 0 aliphatic heterocycles. The number of rotatable bonds is 1. The summed E-state index contributed by atoms with van der Waals surface area (Å²) in [5, 5.41) is -0.000810. The number of pyridine rings is 1. The molecule has 0 fully saturated rings. The van der Waals surface area contributed by atoms with E-state index in [1.165, 1.54) is 0 Å². The molecular formula is C8H11ClFNSn. The van der Waals surface area contributed by atoms with Crippen LogP contribution in [-0.2, 0) is 0 Å². The molecule has 0 aliphatic rings. The second-order valence-electron chi connectivity index (χ2n) is 3.71. The molecule has 1 rings (SSSR count). The van der Waals surface area contributed by atoms with Gasteiger partial charge in [0.05, 0.1) is 0 Å². The molecule has 0 amide bonds. The maximum atomic E-state index is 13.4. The summed E-state index contributed by atoms with van der Waals surface area (Å²) in [6.07, 6.45) is 1.57. The van der Waals surface area contributed by atoms with Crippen molar-refractivity contribution in [3.63, 3.8) is 0 Å². The van der Waals surface area contributed by atoms with Gasteiger partial charge in [0.15, 0.2) is 0 Å². The van der Waals surface area contributed by atoms with Gasteiger partial charge in [0, 0.05) is 0 Å². The molecule has 0 saturated carbocycles. The van der Waals surface area contributed by atoms with Crippen LogP contribution >= 0.6 is 11.6 Å². The van der Waals surface area contributed by atoms with Gasteiger partial charge in [0.25, 0.3) is 0 Å². The fourth-order valence-corrected chi connectivity index (χ4v) is 5.24. The van der Waals surface area contributed by atoms with Crippen LogP contribution in [0.4, 0.5) is 4.39 Å². The zero-order chi connectivity index (χ0) is 9.35. The van der Waals surface area contributed by atoms with Crippen LogP contribution in [0.5, 0.6) is 0 Å². The Morgan fingerprint density at radius 1 is 1.42 bits per heavy atom. The Bertz CT molecular complexity index is 296. The molecular weight excluding hydrogens is 283 g/mol. The third kappa shape index (κ3) is 2.10. The van der Waals surface area contributed by atoms with Crippen molar-refractivity contribution in [1.29, 1.82) is 0 Å². The Morgan fingerprint density at radius 2 is 2.00 bits per heavy atom. The summed E-state index contributed by atoms with van der Waals surface area (Å²) in [7, 11) is 0. The molecule has 1 aromatic heterocycles. The van der Waals surface area contributed by atoms with Crippen molar-refractivity contribution in [3.8, 4) is 0 Å². The molecule has 4 heteroatoms. The molecule has 0 atom stereocenters. The van der Waals surface area contributed by atoms with Crippen molar-refractivity contribution in [3.05, 3.63) is 23.2 Å². The summed E-state index contributed by atoms with van der Waals surface area (Å²) in [6, 6.07) is 1.75. The second-order valence-corrected chi connectivity index (χ2v) is 18.5. The predicted molar refractivity (Wildman–Crippen MR) is 52.2 cm³/mol. The monoisotopic (exact) mass is 295 g/mol. The second kappa shape index (κ2) is 3.50. The Morgan fingerprint density at radius 3 is 2.42 bits per heavy atom. The topological polar surface area (TPSA) is 12.9 Å². The molecule has 1 nitrogen and oxygen atoms in total. The fourth-order valence-electron chi connectivity index (χ4n) is 0.997. The Kier molecular flexibility index (Phi) is 2.99. The fraction of sp³-hybridized carbons (Fsp3) is 0.375. The maximum absolute atomic E-state index is 13.4. The van der Waals surface area contributed by atoms with Gasteiger partial charge in [-0.15, -0.1) is 0 Å². The van der Waals surface area contributed by atoms with Crippen molar-refractivity contribution in [2.45, 2.75) is 14.8 Å². The summed E-state index contributed by atoms with van der Waals surface area (Å²) in [5.41, 5.74) is 0. The molecule has 0 saturated heterocycles. The van der Waals surface area contributed by atoms with E-state index in [2.05, 4.69) is 19.8 Å². The third-order valence-corrected chi connectivity index (χ3v) is 7.63. The molecule has 0 N–H and O–H groups in total. The molecule has 0 unspecified atom stereocenters. The minimum absolute atomic E-state index is 0.000810. The van der Waals surface area contributed by atoms with Gasteiger partial charge in [0.1, 0.15) is 0 Å². The first kappa shape index (κ1) is 10.3. The van der Waals surface area contributed by atoms with Crippen molar-refractivity contribution < 1.29 is 4.39 Å². The molecule has 12 heavy (non-hydrogen) atoms. The van der Waals surface area contributed by atoms with Crippen LogP contribution in [-0.4, -0.2) is 23.4 Å². The molecule has 0 spiro atoms. The van der Waals surface area contributed by atoms with E-state index >= 15 is 0 Å². The van der Waals surface area contributed by atoms with E-state index in [4.69, 9.17) is 11.6 Å². The summed E-state index contributed by atoms with van der Waals surface area (Å²) >= 11 is 3.25. The number of hydrogen-bond donors (Lipinski definition) is 0. The summed E-state index contributed by atoms with van der Waals surface area (Å²) in [6.45, 7) is 0. The van der Waals surface area contributed by atoms with E-state index in [0.29, 0.717) is 0 Å². The van der Waals surface area contributed by atoms with Gasteiger partial charge in [-0.1, -0.05) is 0 Å². The molecule has 0 aliphatic carbocycles. The average molecular weight is 294 g/mol. The Hall–Kier alpha value is 0.169. The summed E-state index contributed by atoms with van der Waals surface area (Å²) < 4.78 is 14.2. The quantitative estimate of drug-likeness (QED) is 0.572. The van der Waals surface area contributed by atoms with Crippen molar-refractivity contribution in [1.82, 2.24) is 4.98 Å². The van der Waals surface area contributed by atoms with Gasteiger partial charge in [-0.05, 0) is 0 Å². The molecule has 1 aromatic rings. The minimum atomic E-state index is -2.32. The zero-order valence-electron chi connectivity index (χ0n) is 7.36. The van der Waals surface area contributed by atoms with E-state index in [9.17, 15) is 4.39 Å². The van der Waals surface area contributed by atoms with Gasteiger partial charge in [0.2, 0.25) is 0 Å². The normalized spacial score (nSPS) is 11.8. The van der Waals surface area contributed by atoms with Crippen molar-refractivity contribution in [2.75, 3.05) is 0 Å². The first-order valence-corrected chi connectivity index (χ1v) is 14.1. The average Bonchev–Trinajstić information content (AvgIpc) is 1.92. The number of hydrogen-bond acceptors (Lipinski definition) is 1. The van der Waals surface area contributed by atoms with Crippen LogP contribution in [0.1, 0.15) is 0 Å². The first-order valence-electron chi connectivity index (χ1n) is 3.73. The molecule has 1 heterocycles. The van der Waals surface area contributed by atoms with Gasteiger partial charge in [-0.3, -0.25) is 0 Å². The molecule has 66 valence electrons. The number of aromatic nitrogens is 1. The SMILES string of the molecule is [CH3][Sn]([CH3])([CH3])[c]1ccnc(Cl)c1F. The summed E-state index contributed by atoms with van der Waals surface area (Å²) in [4.78, 5) is 10.1. The summed E-state index contributed by atoms with van der Waals surface area (Å²) in [5.74, 6) is -0.317. The van der Waals surface area contributed by atoms with Gasteiger partial charge in [-0.2, -0.15) is 0 Å². The third-order valence-electron chi connectivity index (χ3n) is 1.65. The standard InChI is InChI=1S/C5H2ClFN.3CH3.Sn/c6-5-4(7)2-1-3-8-5;;;;/h1,3H;3*1H3;. The van der Waals surface area contributed by atoms with E-state index < -0.39 is 18.4 Å². The number of halogens is 2. The van der Waals surface area contributed by atoms with E-state index in [1.54, 1.807) is 12.3 Å².